The van der Waals surface area contributed by atoms with Crippen LogP contribution in [0.3, 0.4) is 0 Å². The molecule has 0 saturated carbocycles. The van der Waals surface area contributed by atoms with Crippen LogP contribution in [0.1, 0.15) is 38.2 Å². The first kappa shape index (κ1) is 17.9. The molecule has 1 N–H and O–H groups in total. The largest absolute Gasteiger partial charge is 0.481 e. The van der Waals surface area contributed by atoms with E-state index in [0.717, 1.165) is 31.4 Å². The summed E-state index contributed by atoms with van der Waals surface area (Å²) < 4.78 is 13.1. The summed E-state index contributed by atoms with van der Waals surface area (Å²) in [5, 5.41) is 9.37. The van der Waals surface area contributed by atoms with Crippen molar-refractivity contribution in [2.45, 2.75) is 45.2 Å². The number of halogens is 1. The molecular formula is C19H25FN2O3. The number of hydrogen-bond acceptors (Lipinski definition) is 3. The van der Waals surface area contributed by atoms with Crippen molar-refractivity contribution in [2.24, 2.45) is 5.41 Å². The zero-order chi connectivity index (χ0) is 18.0. The number of likely N-dealkylation sites (tertiary alicyclic amines) is 2. The van der Waals surface area contributed by atoms with E-state index in [9.17, 15) is 19.1 Å². The molecule has 2 fully saturated rings. The summed E-state index contributed by atoms with van der Waals surface area (Å²) in [5.74, 6) is -1.07. The highest BCUT2D eigenvalue weighted by Gasteiger charge is 2.44. The van der Waals surface area contributed by atoms with E-state index in [-0.39, 0.29) is 24.3 Å². The second-order valence-electron chi connectivity index (χ2n) is 7.48. The molecule has 0 bridgehead atoms. The Morgan fingerprint density at radius 2 is 1.96 bits per heavy atom. The lowest BCUT2D eigenvalue weighted by Crippen LogP contribution is -2.50. The lowest BCUT2D eigenvalue weighted by Gasteiger charge is -2.37. The molecule has 3 rings (SSSR count). The number of rotatable bonds is 4. The summed E-state index contributed by atoms with van der Waals surface area (Å²) in [6.07, 6.45) is 3.33. The average molecular weight is 348 g/mol. The molecule has 2 atom stereocenters. The maximum Gasteiger partial charge on any atom is 0.311 e. The Bertz CT molecular complexity index is 649. The second kappa shape index (κ2) is 7.12. The normalized spacial score (nSPS) is 27.4. The van der Waals surface area contributed by atoms with Crippen LogP contribution >= 0.6 is 0 Å². The molecule has 2 heterocycles. The summed E-state index contributed by atoms with van der Waals surface area (Å²) in [6.45, 7) is 3.93. The minimum atomic E-state index is -0.841. The van der Waals surface area contributed by atoms with E-state index >= 15 is 0 Å². The van der Waals surface area contributed by atoms with Crippen molar-refractivity contribution in [2.75, 3.05) is 19.6 Å². The molecule has 5 nitrogen and oxygen atoms in total. The minimum Gasteiger partial charge on any atom is -0.481 e. The first-order valence-electron chi connectivity index (χ1n) is 8.90. The van der Waals surface area contributed by atoms with E-state index in [1.807, 2.05) is 0 Å². The molecular weight excluding hydrogens is 323 g/mol. The van der Waals surface area contributed by atoms with E-state index in [1.165, 1.54) is 12.1 Å². The van der Waals surface area contributed by atoms with Crippen LogP contribution in [0, 0.1) is 11.2 Å². The van der Waals surface area contributed by atoms with Crippen LogP contribution in [0.5, 0.6) is 0 Å². The SMILES string of the molecule is CC1(C(=O)O)CCN(C(=O)C2CCCCN2Cc2ccc(F)cc2)C1. The van der Waals surface area contributed by atoms with Crippen LogP contribution in [0.2, 0.25) is 0 Å². The van der Waals surface area contributed by atoms with Crippen molar-refractivity contribution in [3.63, 3.8) is 0 Å². The highest BCUT2D eigenvalue weighted by molar-refractivity contribution is 5.84. The molecule has 2 saturated heterocycles. The fraction of sp³-hybridized carbons (Fsp3) is 0.579. The van der Waals surface area contributed by atoms with Crippen molar-refractivity contribution in [3.05, 3.63) is 35.6 Å². The number of amides is 1. The van der Waals surface area contributed by atoms with Gasteiger partial charge < -0.3 is 10.0 Å². The van der Waals surface area contributed by atoms with Crippen molar-refractivity contribution >= 4 is 11.9 Å². The molecule has 136 valence electrons. The van der Waals surface area contributed by atoms with E-state index in [2.05, 4.69) is 4.90 Å². The van der Waals surface area contributed by atoms with Crippen molar-refractivity contribution in [3.8, 4) is 0 Å². The Morgan fingerprint density at radius 3 is 2.60 bits per heavy atom. The molecule has 1 aromatic carbocycles. The fourth-order valence-corrected chi connectivity index (χ4v) is 3.82. The summed E-state index contributed by atoms with van der Waals surface area (Å²) in [5.41, 5.74) is 0.143. The zero-order valence-electron chi connectivity index (χ0n) is 14.6. The van der Waals surface area contributed by atoms with Gasteiger partial charge in [-0.25, -0.2) is 4.39 Å². The molecule has 2 aliphatic rings. The van der Waals surface area contributed by atoms with Gasteiger partial charge in [0.1, 0.15) is 5.82 Å². The molecule has 6 heteroatoms. The smallest absolute Gasteiger partial charge is 0.311 e. The van der Waals surface area contributed by atoms with Crippen LogP contribution in [-0.2, 0) is 16.1 Å². The maximum absolute atomic E-state index is 13.1. The Labute approximate surface area is 147 Å². The van der Waals surface area contributed by atoms with E-state index in [4.69, 9.17) is 0 Å². The van der Waals surface area contributed by atoms with Crippen LogP contribution in [0.25, 0.3) is 0 Å². The van der Waals surface area contributed by atoms with Gasteiger partial charge in [0.25, 0.3) is 0 Å². The van der Waals surface area contributed by atoms with Gasteiger partial charge in [-0.2, -0.15) is 0 Å². The molecule has 1 aromatic rings. The number of hydrogen-bond donors (Lipinski definition) is 1. The summed E-state index contributed by atoms with van der Waals surface area (Å²) in [6, 6.07) is 6.17. The van der Waals surface area contributed by atoms with Crippen molar-refractivity contribution < 1.29 is 19.1 Å². The van der Waals surface area contributed by atoms with Crippen molar-refractivity contribution in [1.29, 1.82) is 0 Å². The van der Waals surface area contributed by atoms with Gasteiger partial charge in [0.15, 0.2) is 0 Å². The van der Waals surface area contributed by atoms with Crippen LogP contribution in [0.4, 0.5) is 4.39 Å². The van der Waals surface area contributed by atoms with E-state index in [1.54, 1.807) is 24.0 Å². The van der Waals surface area contributed by atoms with Gasteiger partial charge in [-0.05, 0) is 50.4 Å². The lowest BCUT2D eigenvalue weighted by atomic mass is 9.90. The van der Waals surface area contributed by atoms with Gasteiger partial charge >= 0.3 is 5.97 Å². The third-order valence-electron chi connectivity index (χ3n) is 5.50. The molecule has 2 aliphatic heterocycles. The van der Waals surface area contributed by atoms with Gasteiger partial charge in [-0.1, -0.05) is 18.6 Å². The Balaban J connectivity index is 1.69. The Hall–Kier alpha value is -1.95. The maximum atomic E-state index is 13.1. The Kier molecular flexibility index (Phi) is 5.08. The predicted molar refractivity (Wildman–Crippen MR) is 91.4 cm³/mol. The number of nitrogens with zero attached hydrogens (tertiary/aromatic N) is 2. The fourth-order valence-electron chi connectivity index (χ4n) is 3.82. The van der Waals surface area contributed by atoms with E-state index < -0.39 is 11.4 Å². The third kappa shape index (κ3) is 3.84. The van der Waals surface area contributed by atoms with Gasteiger partial charge in [0.05, 0.1) is 11.5 Å². The number of carboxylic acid groups (broad SMARTS) is 1. The van der Waals surface area contributed by atoms with Gasteiger partial charge in [0.2, 0.25) is 5.91 Å². The third-order valence-corrected chi connectivity index (χ3v) is 5.50. The first-order chi connectivity index (χ1) is 11.9. The molecule has 2 unspecified atom stereocenters. The standard InChI is InChI=1S/C19H25FN2O3/c1-19(18(24)25)9-11-22(13-19)17(23)16-4-2-3-10-21(16)12-14-5-7-15(20)8-6-14/h5-8,16H,2-4,9-13H2,1H3,(H,24,25). The molecule has 0 aliphatic carbocycles. The monoisotopic (exact) mass is 348 g/mol. The summed E-state index contributed by atoms with van der Waals surface area (Å²) in [7, 11) is 0. The highest BCUT2D eigenvalue weighted by Crippen LogP contribution is 2.32. The molecule has 0 spiro atoms. The average Bonchev–Trinajstić information content (AvgIpc) is 3.01. The number of carbonyl (C=O) groups is 2. The van der Waals surface area contributed by atoms with Gasteiger partial charge in [0, 0.05) is 19.6 Å². The minimum absolute atomic E-state index is 0.0341. The topological polar surface area (TPSA) is 60.9 Å². The van der Waals surface area contributed by atoms with Gasteiger partial charge in [-0.3, -0.25) is 14.5 Å². The van der Waals surface area contributed by atoms with Crippen LogP contribution in [0.15, 0.2) is 24.3 Å². The molecule has 25 heavy (non-hydrogen) atoms. The molecule has 0 aromatic heterocycles. The number of aliphatic carboxylic acids is 1. The summed E-state index contributed by atoms with van der Waals surface area (Å²) in [4.78, 5) is 28.3. The Morgan fingerprint density at radius 1 is 1.24 bits per heavy atom. The quantitative estimate of drug-likeness (QED) is 0.908. The highest BCUT2D eigenvalue weighted by atomic mass is 19.1. The predicted octanol–water partition coefficient (Wildman–Crippen LogP) is 2.50. The lowest BCUT2D eigenvalue weighted by molar-refractivity contribution is -0.147. The summed E-state index contributed by atoms with van der Waals surface area (Å²) >= 11 is 0. The van der Waals surface area contributed by atoms with E-state index in [0.29, 0.717) is 19.5 Å². The number of carboxylic acids is 1. The first-order valence-corrected chi connectivity index (χ1v) is 8.90. The number of benzene rings is 1. The number of carbonyl (C=O) groups excluding carboxylic acids is 1. The zero-order valence-corrected chi connectivity index (χ0v) is 14.6. The molecule has 1 amide bonds. The van der Waals surface area contributed by atoms with Crippen LogP contribution < -0.4 is 0 Å². The molecule has 0 radical (unpaired) electrons. The van der Waals surface area contributed by atoms with Crippen LogP contribution in [-0.4, -0.2) is 52.5 Å². The van der Waals surface area contributed by atoms with Crippen molar-refractivity contribution in [1.82, 2.24) is 9.80 Å². The number of piperidine rings is 1. The van der Waals surface area contributed by atoms with Gasteiger partial charge in [-0.15, -0.1) is 0 Å². The second-order valence-corrected chi connectivity index (χ2v) is 7.48.